The van der Waals surface area contributed by atoms with E-state index in [2.05, 4.69) is 0 Å². The smallest absolute Gasteiger partial charge is 0.214 e. The maximum absolute atomic E-state index is 12.1. The van der Waals surface area contributed by atoms with Gasteiger partial charge in [0.05, 0.1) is 11.6 Å². The minimum Gasteiger partial charge on any atom is -0.388 e. The molecule has 0 aromatic rings. The van der Waals surface area contributed by atoms with Crippen molar-refractivity contribution >= 4 is 15.9 Å². The predicted molar refractivity (Wildman–Crippen MR) is 66.5 cm³/mol. The van der Waals surface area contributed by atoms with Crippen LogP contribution in [-0.4, -0.2) is 50.6 Å². The van der Waals surface area contributed by atoms with E-state index >= 15 is 0 Å². The largest absolute Gasteiger partial charge is 0.388 e. The van der Waals surface area contributed by atoms with Gasteiger partial charge in [0.2, 0.25) is 10.0 Å². The zero-order valence-corrected chi connectivity index (χ0v) is 11.0. The number of hydrogen-bond acceptors (Lipinski definition) is 4. The molecule has 0 aromatic carbocycles. The van der Waals surface area contributed by atoms with Crippen LogP contribution in [0.4, 0.5) is 0 Å². The second-order valence-corrected chi connectivity index (χ2v) is 6.32. The lowest BCUT2D eigenvalue weighted by molar-refractivity contribution is 0.199. The molecule has 6 nitrogen and oxygen atoms in total. The standard InChI is InChI=1S/C10H21N3O3S/c1-16-7-2-8-17(14,15)13(9-3-4-9)6-5-10(11)12/h9H,2-8H2,1H3,(H3,11,12). The SMILES string of the molecule is COCCCS(=O)(=O)N(CCC(=N)N)C1CC1. The number of rotatable bonds is 9. The minimum atomic E-state index is -3.23. The molecule has 7 heteroatoms. The number of nitrogens with one attached hydrogen (secondary N) is 1. The third-order valence-corrected chi connectivity index (χ3v) is 4.66. The Morgan fingerprint density at radius 3 is 2.65 bits per heavy atom. The summed E-state index contributed by atoms with van der Waals surface area (Å²) in [5.41, 5.74) is 5.27. The zero-order valence-electron chi connectivity index (χ0n) is 10.2. The van der Waals surface area contributed by atoms with Gasteiger partial charge in [-0.2, -0.15) is 4.31 Å². The van der Waals surface area contributed by atoms with Crippen LogP contribution in [-0.2, 0) is 14.8 Å². The highest BCUT2D eigenvalue weighted by atomic mass is 32.2. The number of amidine groups is 1. The first-order chi connectivity index (χ1) is 7.97. The van der Waals surface area contributed by atoms with E-state index in [9.17, 15) is 8.42 Å². The van der Waals surface area contributed by atoms with Crippen molar-refractivity contribution in [3.63, 3.8) is 0 Å². The molecule has 3 N–H and O–H groups in total. The molecule has 0 heterocycles. The summed E-state index contributed by atoms with van der Waals surface area (Å²) in [6, 6.07) is 0.127. The monoisotopic (exact) mass is 263 g/mol. The molecule has 0 saturated heterocycles. The van der Waals surface area contributed by atoms with Gasteiger partial charge < -0.3 is 10.5 Å². The Morgan fingerprint density at radius 2 is 2.18 bits per heavy atom. The molecule has 0 atom stereocenters. The first-order valence-electron chi connectivity index (χ1n) is 5.78. The van der Waals surface area contributed by atoms with Crippen molar-refractivity contribution in [1.29, 1.82) is 5.41 Å². The number of hydrogen-bond donors (Lipinski definition) is 2. The highest BCUT2D eigenvalue weighted by molar-refractivity contribution is 7.89. The van der Waals surface area contributed by atoms with Gasteiger partial charge in [0.15, 0.2) is 0 Å². The van der Waals surface area contributed by atoms with Crippen molar-refractivity contribution in [1.82, 2.24) is 4.31 Å². The van der Waals surface area contributed by atoms with E-state index in [0.717, 1.165) is 12.8 Å². The molecule has 1 fully saturated rings. The normalized spacial score (nSPS) is 16.4. The van der Waals surface area contributed by atoms with Crippen LogP contribution in [0.25, 0.3) is 0 Å². The fraction of sp³-hybridized carbons (Fsp3) is 0.900. The van der Waals surface area contributed by atoms with E-state index in [1.807, 2.05) is 0 Å². The van der Waals surface area contributed by atoms with Crippen LogP contribution < -0.4 is 5.73 Å². The quantitative estimate of drug-likeness (QED) is 0.351. The van der Waals surface area contributed by atoms with E-state index in [-0.39, 0.29) is 17.6 Å². The number of methoxy groups -OCH3 is 1. The Labute approximate surface area is 103 Å². The Bertz CT molecular complexity index is 352. The van der Waals surface area contributed by atoms with Crippen molar-refractivity contribution in [2.45, 2.75) is 31.7 Å². The van der Waals surface area contributed by atoms with Gasteiger partial charge in [-0.3, -0.25) is 5.41 Å². The summed E-state index contributed by atoms with van der Waals surface area (Å²) in [6.45, 7) is 0.778. The fourth-order valence-corrected chi connectivity index (χ4v) is 3.40. The minimum absolute atomic E-state index is 0.0303. The van der Waals surface area contributed by atoms with Crippen molar-refractivity contribution in [3.05, 3.63) is 0 Å². The molecule has 0 unspecified atom stereocenters. The van der Waals surface area contributed by atoms with Gasteiger partial charge in [-0.1, -0.05) is 0 Å². The van der Waals surface area contributed by atoms with Crippen LogP contribution in [0.2, 0.25) is 0 Å². The molecular formula is C10H21N3O3S. The molecule has 0 bridgehead atoms. The van der Waals surface area contributed by atoms with Gasteiger partial charge >= 0.3 is 0 Å². The van der Waals surface area contributed by atoms with Crippen LogP contribution in [0.1, 0.15) is 25.7 Å². The van der Waals surface area contributed by atoms with Crippen LogP contribution >= 0.6 is 0 Å². The third kappa shape index (κ3) is 5.01. The molecule has 17 heavy (non-hydrogen) atoms. The van der Waals surface area contributed by atoms with Gasteiger partial charge in [0.1, 0.15) is 0 Å². The summed E-state index contributed by atoms with van der Waals surface area (Å²) in [7, 11) is -1.67. The van der Waals surface area contributed by atoms with E-state index in [4.69, 9.17) is 15.9 Å². The first kappa shape index (κ1) is 14.4. The fourth-order valence-electron chi connectivity index (χ4n) is 1.64. The predicted octanol–water partition coefficient (Wildman–Crippen LogP) is 0.143. The topological polar surface area (TPSA) is 96.5 Å². The molecule has 1 rings (SSSR count). The van der Waals surface area contributed by atoms with Crippen molar-refractivity contribution in [2.24, 2.45) is 5.73 Å². The molecule has 1 aliphatic rings. The summed E-state index contributed by atoms with van der Waals surface area (Å²) in [6.07, 6.45) is 2.64. The molecule has 0 amide bonds. The maximum atomic E-state index is 12.1. The number of sulfonamides is 1. The Morgan fingerprint density at radius 1 is 1.53 bits per heavy atom. The van der Waals surface area contributed by atoms with Crippen molar-refractivity contribution < 1.29 is 13.2 Å². The average molecular weight is 263 g/mol. The van der Waals surface area contributed by atoms with Crippen molar-refractivity contribution in [2.75, 3.05) is 26.0 Å². The van der Waals surface area contributed by atoms with Gasteiger partial charge in [0.25, 0.3) is 0 Å². The molecule has 0 spiro atoms. The Balaban J connectivity index is 2.52. The molecule has 1 saturated carbocycles. The number of ether oxygens (including phenoxy) is 1. The number of nitrogens with two attached hydrogens (primary N) is 1. The highest BCUT2D eigenvalue weighted by Crippen LogP contribution is 2.29. The Kier molecular flexibility index (Phi) is 5.35. The van der Waals surface area contributed by atoms with E-state index < -0.39 is 10.0 Å². The van der Waals surface area contributed by atoms with Gasteiger partial charge in [-0.15, -0.1) is 0 Å². The Hall–Kier alpha value is -0.660. The molecule has 0 aliphatic heterocycles. The van der Waals surface area contributed by atoms with Crippen LogP contribution in [0, 0.1) is 5.41 Å². The second-order valence-electron chi connectivity index (χ2n) is 4.28. The van der Waals surface area contributed by atoms with Crippen LogP contribution in [0.3, 0.4) is 0 Å². The van der Waals surface area contributed by atoms with E-state index in [1.54, 1.807) is 7.11 Å². The first-order valence-corrected chi connectivity index (χ1v) is 7.39. The lowest BCUT2D eigenvalue weighted by Gasteiger charge is -2.21. The molecule has 1 aliphatic carbocycles. The van der Waals surface area contributed by atoms with Crippen LogP contribution in [0.15, 0.2) is 0 Å². The van der Waals surface area contributed by atoms with Gasteiger partial charge in [0, 0.05) is 32.7 Å². The summed E-state index contributed by atoms with van der Waals surface area (Å²) in [5, 5.41) is 7.16. The third-order valence-electron chi connectivity index (χ3n) is 2.66. The summed E-state index contributed by atoms with van der Waals surface area (Å²) >= 11 is 0. The zero-order chi connectivity index (χ0) is 12.9. The molecule has 0 aromatic heterocycles. The maximum Gasteiger partial charge on any atom is 0.214 e. The summed E-state index contributed by atoms with van der Waals surface area (Å²) < 4.78 is 30.5. The number of nitrogens with zero attached hydrogens (tertiary/aromatic N) is 1. The summed E-state index contributed by atoms with van der Waals surface area (Å²) in [4.78, 5) is 0. The van der Waals surface area contributed by atoms with Gasteiger partial charge in [-0.25, -0.2) is 8.42 Å². The highest BCUT2D eigenvalue weighted by Gasteiger charge is 2.36. The lowest BCUT2D eigenvalue weighted by atomic mass is 10.4. The lowest BCUT2D eigenvalue weighted by Crippen LogP contribution is -2.37. The molecular weight excluding hydrogens is 242 g/mol. The molecule has 100 valence electrons. The van der Waals surface area contributed by atoms with Crippen LogP contribution in [0.5, 0.6) is 0 Å². The average Bonchev–Trinajstić information content (AvgIpc) is 3.01. The molecule has 0 radical (unpaired) electrons. The second kappa shape index (κ2) is 6.32. The summed E-state index contributed by atoms with van der Waals surface area (Å²) in [5.74, 6) is 0.137. The van der Waals surface area contributed by atoms with Crippen molar-refractivity contribution in [3.8, 4) is 0 Å². The van der Waals surface area contributed by atoms with Gasteiger partial charge in [-0.05, 0) is 19.3 Å². The van der Waals surface area contributed by atoms with E-state index in [1.165, 1.54) is 4.31 Å². The van der Waals surface area contributed by atoms with E-state index in [0.29, 0.717) is 26.0 Å².